The van der Waals surface area contributed by atoms with Crippen LogP contribution in [0.4, 0.5) is 0 Å². The highest BCUT2D eigenvalue weighted by Crippen LogP contribution is 2.29. The molecule has 130 valence electrons. The fraction of sp³-hybridized carbons (Fsp3) is 0.933. The molecular weight excluding hydrogens is 308 g/mol. The fourth-order valence-corrected chi connectivity index (χ4v) is 2.97. The zero-order chi connectivity index (χ0) is 15.0. The Labute approximate surface area is 139 Å². The molecule has 2 N–H and O–H groups in total. The summed E-state index contributed by atoms with van der Waals surface area (Å²) in [5.41, 5.74) is -0.361. The quantitative estimate of drug-likeness (QED) is 0.640. The maximum absolute atomic E-state index is 12.4. The summed E-state index contributed by atoms with van der Waals surface area (Å²) in [5, 5.41) is 6.34. The number of halogens is 1. The standard InChI is InChI=1S/C15H28N2O4.ClH/c1-19-12-15(4-7-16-8-5-15)14(18)17-6-2-9-21-13-3-10-20-11-13;/h13,16H,2-12H2,1H3,(H,17,18);1H. The Hall–Kier alpha value is -0.400. The van der Waals surface area contributed by atoms with E-state index < -0.39 is 0 Å². The van der Waals surface area contributed by atoms with E-state index >= 15 is 0 Å². The molecule has 1 unspecified atom stereocenters. The highest BCUT2D eigenvalue weighted by atomic mass is 35.5. The van der Waals surface area contributed by atoms with Crippen molar-refractivity contribution in [3.8, 4) is 0 Å². The summed E-state index contributed by atoms with van der Waals surface area (Å²) < 4.78 is 16.2. The van der Waals surface area contributed by atoms with Gasteiger partial charge in [-0.1, -0.05) is 0 Å². The molecule has 2 rings (SSSR count). The third-order valence-corrected chi connectivity index (χ3v) is 4.31. The average molecular weight is 337 g/mol. The molecule has 2 fully saturated rings. The van der Waals surface area contributed by atoms with Crippen LogP contribution in [0, 0.1) is 5.41 Å². The largest absolute Gasteiger partial charge is 0.384 e. The fourth-order valence-electron chi connectivity index (χ4n) is 2.97. The summed E-state index contributed by atoms with van der Waals surface area (Å²) in [6.07, 6.45) is 3.73. The molecule has 2 heterocycles. The molecule has 0 aromatic carbocycles. The number of piperidine rings is 1. The van der Waals surface area contributed by atoms with Gasteiger partial charge in [0.15, 0.2) is 0 Å². The highest BCUT2D eigenvalue weighted by molar-refractivity contribution is 5.85. The van der Waals surface area contributed by atoms with Crippen LogP contribution in [0.3, 0.4) is 0 Å². The molecule has 0 bridgehead atoms. The Balaban J connectivity index is 0.00000242. The molecule has 0 aromatic heterocycles. The van der Waals surface area contributed by atoms with Crippen LogP contribution in [0.25, 0.3) is 0 Å². The first kappa shape index (κ1) is 19.6. The second-order valence-corrected chi connectivity index (χ2v) is 5.93. The first-order chi connectivity index (χ1) is 10.3. The Morgan fingerprint density at radius 1 is 1.41 bits per heavy atom. The lowest BCUT2D eigenvalue weighted by atomic mass is 9.78. The molecule has 1 atom stereocenters. The molecular formula is C15H29ClN2O4. The van der Waals surface area contributed by atoms with Gasteiger partial charge in [0.2, 0.25) is 5.91 Å². The monoisotopic (exact) mass is 336 g/mol. The number of methoxy groups -OCH3 is 1. The molecule has 0 radical (unpaired) electrons. The maximum Gasteiger partial charge on any atom is 0.228 e. The van der Waals surface area contributed by atoms with E-state index in [1.54, 1.807) is 7.11 Å². The minimum Gasteiger partial charge on any atom is -0.384 e. The SMILES string of the molecule is COCC1(C(=O)NCCCOC2CCOC2)CCNCC1.Cl. The summed E-state index contributed by atoms with van der Waals surface area (Å²) in [6.45, 7) is 5.09. The Kier molecular flexibility index (Phi) is 9.28. The van der Waals surface area contributed by atoms with Crippen LogP contribution in [0.15, 0.2) is 0 Å². The molecule has 2 saturated heterocycles. The van der Waals surface area contributed by atoms with Gasteiger partial charge in [0.05, 0.1) is 24.7 Å². The molecule has 0 saturated carbocycles. The first-order valence-electron chi connectivity index (χ1n) is 7.94. The zero-order valence-electron chi connectivity index (χ0n) is 13.4. The summed E-state index contributed by atoms with van der Waals surface area (Å²) >= 11 is 0. The van der Waals surface area contributed by atoms with E-state index in [1.165, 1.54) is 0 Å². The van der Waals surface area contributed by atoms with Gasteiger partial charge in [-0.15, -0.1) is 12.4 Å². The van der Waals surface area contributed by atoms with Gasteiger partial charge in [-0.2, -0.15) is 0 Å². The van der Waals surface area contributed by atoms with Crippen molar-refractivity contribution in [2.75, 3.05) is 53.2 Å². The second-order valence-electron chi connectivity index (χ2n) is 5.93. The van der Waals surface area contributed by atoms with Gasteiger partial charge >= 0.3 is 0 Å². The van der Waals surface area contributed by atoms with Crippen LogP contribution < -0.4 is 10.6 Å². The smallest absolute Gasteiger partial charge is 0.228 e. The van der Waals surface area contributed by atoms with E-state index in [1.807, 2.05) is 0 Å². The molecule has 0 aromatic rings. The van der Waals surface area contributed by atoms with Crippen molar-refractivity contribution < 1.29 is 19.0 Å². The number of carbonyl (C=O) groups is 1. The minimum atomic E-state index is -0.361. The van der Waals surface area contributed by atoms with Crippen LogP contribution in [0.1, 0.15) is 25.7 Å². The van der Waals surface area contributed by atoms with Crippen molar-refractivity contribution in [1.29, 1.82) is 0 Å². The van der Waals surface area contributed by atoms with Gasteiger partial charge in [0.1, 0.15) is 0 Å². The van der Waals surface area contributed by atoms with Gasteiger partial charge in [-0.05, 0) is 38.8 Å². The Bertz CT molecular complexity index is 313. The molecule has 6 nitrogen and oxygen atoms in total. The summed E-state index contributed by atoms with van der Waals surface area (Å²) in [6, 6.07) is 0. The first-order valence-corrected chi connectivity index (χ1v) is 7.94. The van der Waals surface area contributed by atoms with E-state index in [9.17, 15) is 4.79 Å². The van der Waals surface area contributed by atoms with Gasteiger partial charge in [-0.3, -0.25) is 4.79 Å². The Morgan fingerprint density at radius 2 is 2.18 bits per heavy atom. The lowest BCUT2D eigenvalue weighted by Gasteiger charge is -2.35. The number of hydrogen-bond donors (Lipinski definition) is 2. The maximum atomic E-state index is 12.4. The van der Waals surface area contributed by atoms with Crippen molar-refractivity contribution in [2.45, 2.75) is 31.8 Å². The van der Waals surface area contributed by atoms with E-state index in [-0.39, 0.29) is 29.8 Å². The second kappa shape index (κ2) is 10.4. The van der Waals surface area contributed by atoms with Crippen molar-refractivity contribution in [3.63, 3.8) is 0 Å². The lowest BCUT2D eigenvalue weighted by Crippen LogP contribution is -2.50. The van der Waals surface area contributed by atoms with Crippen LogP contribution in [-0.2, 0) is 19.0 Å². The van der Waals surface area contributed by atoms with E-state index in [0.717, 1.165) is 45.4 Å². The predicted octanol–water partition coefficient (Wildman–Crippen LogP) is 0.736. The average Bonchev–Trinajstić information content (AvgIpc) is 3.01. The third-order valence-electron chi connectivity index (χ3n) is 4.31. The normalized spacial score (nSPS) is 23.8. The summed E-state index contributed by atoms with van der Waals surface area (Å²) in [5.74, 6) is 0.120. The predicted molar refractivity (Wildman–Crippen MR) is 86.5 cm³/mol. The molecule has 0 spiro atoms. The molecule has 2 aliphatic rings. The van der Waals surface area contributed by atoms with E-state index in [2.05, 4.69) is 10.6 Å². The van der Waals surface area contributed by atoms with E-state index in [0.29, 0.717) is 26.4 Å². The van der Waals surface area contributed by atoms with Crippen LogP contribution in [0.5, 0.6) is 0 Å². The third kappa shape index (κ3) is 5.66. The van der Waals surface area contributed by atoms with Crippen LogP contribution >= 0.6 is 12.4 Å². The summed E-state index contributed by atoms with van der Waals surface area (Å²) in [7, 11) is 1.66. The number of carbonyl (C=O) groups excluding carboxylic acids is 1. The van der Waals surface area contributed by atoms with Crippen molar-refractivity contribution in [2.24, 2.45) is 5.41 Å². The highest BCUT2D eigenvalue weighted by Gasteiger charge is 2.39. The molecule has 2 aliphatic heterocycles. The van der Waals surface area contributed by atoms with Crippen molar-refractivity contribution >= 4 is 18.3 Å². The number of nitrogens with one attached hydrogen (secondary N) is 2. The molecule has 22 heavy (non-hydrogen) atoms. The van der Waals surface area contributed by atoms with Crippen LogP contribution in [0.2, 0.25) is 0 Å². The molecule has 1 amide bonds. The minimum absolute atomic E-state index is 0. The number of rotatable bonds is 8. The van der Waals surface area contributed by atoms with Gasteiger partial charge in [0, 0.05) is 26.9 Å². The molecule has 7 heteroatoms. The number of amides is 1. The van der Waals surface area contributed by atoms with Gasteiger partial charge in [0.25, 0.3) is 0 Å². The number of hydrogen-bond acceptors (Lipinski definition) is 5. The van der Waals surface area contributed by atoms with Gasteiger partial charge in [-0.25, -0.2) is 0 Å². The lowest BCUT2D eigenvalue weighted by molar-refractivity contribution is -0.136. The Morgan fingerprint density at radius 3 is 2.82 bits per heavy atom. The number of ether oxygens (including phenoxy) is 3. The summed E-state index contributed by atoms with van der Waals surface area (Å²) in [4.78, 5) is 12.4. The van der Waals surface area contributed by atoms with Crippen molar-refractivity contribution in [3.05, 3.63) is 0 Å². The van der Waals surface area contributed by atoms with E-state index in [4.69, 9.17) is 14.2 Å². The molecule has 0 aliphatic carbocycles. The zero-order valence-corrected chi connectivity index (χ0v) is 14.2. The van der Waals surface area contributed by atoms with Crippen LogP contribution in [-0.4, -0.2) is 65.2 Å². The van der Waals surface area contributed by atoms with Gasteiger partial charge < -0.3 is 24.8 Å². The topological polar surface area (TPSA) is 68.8 Å². The van der Waals surface area contributed by atoms with Crippen molar-refractivity contribution in [1.82, 2.24) is 10.6 Å².